The predicted octanol–water partition coefficient (Wildman–Crippen LogP) is 4.79. The quantitative estimate of drug-likeness (QED) is 0.371. The van der Waals surface area contributed by atoms with E-state index in [4.69, 9.17) is 0 Å². The van der Waals surface area contributed by atoms with Gasteiger partial charge in [0.15, 0.2) is 0 Å². The summed E-state index contributed by atoms with van der Waals surface area (Å²) in [6.07, 6.45) is 4.44. The summed E-state index contributed by atoms with van der Waals surface area (Å²) in [6.45, 7) is 2.20. The van der Waals surface area contributed by atoms with Crippen molar-refractivity contribution in [2.75, 3.05) is 0 Å². The summed E-state index contributed by atoms with van der Waals surface area (Å²) < 4.78 is 0. The molecule has 0 heteroatoms. The smallest absolute Gasteiger partial charge is 0.00297 e. The monoisotopic (exact) mass is 216 g/mol. The van der Waals surface area contributed by atoms with Gasteiger partial charge in [-0.1, -0.05) is 48.6 Å². The molecule has 0 unspecified atom stereocenters. The third-order valence-electron chi connectivity index (χ3n) is 3.72. The molecule has 1 aliphatic rings. The molecule has 0 aliphatic heterocycles. The van der Waals surface area contributed by atoms with Crippen molar-refractivity contribution in [1.82, 2.24) is 0 Å². The highest BCUT2D eigenvalue weighted by atomic mass is 14.2. The molecular formula is C17H12. The number of rotatable bonds is 0. The van der Waals surface area contributed by atoms with Crippen molar-refractivity contribution in [3.05, 3.63) is 59.2 Å². The van der Waals surface area contributed by atoms with Crippen LogP contribution in [0.5, 0.6) is 0 Å². The maximum atomic E-state index is 2.30. The Morgan fingerprint density at radius 3 is 2.53 bits per heavy atom. The van der Waals surface area contributed by atoms with Gasteiger partial charge < -0.3 is 0 Å². The van der Waals surface area contributed by atoms with Crippen LogP contribution >= 0.6 is 0 Å². The highest BCUT2D eigenvalue weighted by Gasteiger charge is 2.13. The maximum absolute atomic E-state index is 2.30. The minimum Gasteiger partial charge on any atom is -0.0616 e. The molecule has 0 spiro atoms. The molecule has 0 saturated heterocycles. The van der Waals surface area contributed by atoms with Gasteiger partial charge in [-0.25, -0.2) is 0 Å². The van der Waals surface area contributed by atoms with Gasteiger partial charge in [0.25, 0.3) is 0 Å². The average Bonchev–Trinajstić information content (AvgIpc) is 2.76. The number of hydrogen-bond acceptors (Lipinski definition) is 0. The van der Waals surface area contributed by atoms with Crippen LogP contribution in [0.1, 0.15) is 16.7 Å². The molecule has 0 bridgehead atoms. The van der Waals surface area contributed by atoms with Crippen LogP contribution < -0.4 is 0 Å². The zero-order chi connectivity index (χ0) is 11.4. The molecular weight excluding hydrogens is 204 g/mol. The van der Waals surface area contributed by atoms with Gasteiger partial charge in [-0.3, -0.25) is 0 Å². The summed E-state index contributed by atoms with van der Waals surface area (Å²) in [6, 6.07) is 15.4. The molecule has 0 radical (unpaired) electrons. The van der Waals surface area contributed by atoms with Crippen LogP contribution in [-0.4, -0.2) is 0 Å². The first-order valence-electron chi connectivity index (χ1n) is 5.98. The average molecular weight is 216 g/mol. The second kappa shape index (κ2) is 2.98. The zero-order valence-electron chi connectivity index (χ0n) is 9.70. The molecule has 17 heavy (non-hydrogen) atoms. The fourth-order valence-corrected chi connectivity index (χ4v) is 2.92. The summed E-state index contributed by atoms with van der Waals surface area (Å²) in [5, 5.41) is 5.54. The van der Waals surface area contributed by atoms with Gasteiger partial charge >= 0.3 is 0 Å². The van der Waals surface area contributed by atoms with E-state index in [2.05, 4.69) is 61.5 Å². The minimum atomic E-state index is 1.34. The molecule has 4 rings (SSSR count). The fourth-order valence-electron chi connectivity index (χ4n) is 2.92. The molecule has 0 heterocycles. The van der Waals surface area contributed by atoms with E-state index in [1.807, 2.05) is 0 Å². The van der Waals surface area contributed by atoms with Crippen molar-refractivity contribution in [3.63, 3.8) is 0 Å². The summed E-state index contributed by atoms with van der Waals surface area (Å²) >= 11 is 0. The van der Waals surface area contributed by atoms with Crippen LogP contribution in [0.25, 0.3) is 33.7 Å². The maximum Gasteiger partial charge on any atom is -0.00297 e. The Labute approximate surface area is 100 Å². The van der Waals surface area contributed by atoms with E-state index in [9.17, 15) is 0 Å². The zero-order valence-corrected chi connectivity index (χ0v) is 9.70. The lowest BCUT2D eigenvalue weighted by atomic mass is 9.94. The first kappa shape index (κ1) is 9.00. The van der Waals surface area contributed by atoms with Crippen LogP contribution in [-0.2, 0) is 0 Å². The molecule has 0 nitrogen and oxygen atoms in total. The highest BCUT2D eigenvalue weighted by molar-refractivity contribution is 6.17. The lowest BCUT2D eigenvalue weighted by Gasteiger charge is -2.09. The van der Waals surface area contributed by atoms with Crippen LogP contribution in [0.4, 0.5) is 0 Å². The number of hydrogen-bond donors (Lipinski definition) is 0. The molecule has 1 aliphatic carbocycles. The molecule has 0 fully saturated rings. The lowest BCUT2D eigenvalue weighted by molar-refractivity contribution is 1.54. The summed E-state index contributed by atoms with van der Waals surface area (Å²) in [5.41, 5.74) is 4.08. The fraction of sp³-hybridized carbons (Fsp3) is 0.0588. The van der Waals surface area contributed by atoms with E-state index in [1.54, 1.807) is 0 Å². The van der Waals surface area contributed by atoms with Crippen LogP contribution in [0.3, 0.4) is 0 Å². The summed E-state index contributed by atoms with van der Waals surface area (Å²) in [4.78, 5) is 0. The lowest BCUT2D eigenvalue weighted by Crippen LogP contribution is -1.85. The third kappa shape index (κ3) is 1.07. The van der Waals surface area contributed by atoms with E-state index >= 15 is 0 Å². The molecule has 0 saturated carbocycles. The van der Waals surface area contributed by atoms with Gasteiger partial charge in [0.1, 0.15) is 0 Å². The van der Waals surface area contributed by atoms with Crippen LogP contribution in [0.2, 0.25) is 0 Å². The molecule has 0 N–H and O–H groups in total. The molecule has 0 atom stereocenters. The Balaban J connectivity index is 2.41. The van der Waals surface area contributed by atoms with Crippen molar-refractivity contribution in [3.8, 4) is 0 Å². The van der Waals surface area contributed by atoms with E-state index in [1.165, 1.54) is 38.2 Å². The molecule has 0 aromatic heterocycles. The van der Waals surface area contributed by atoms with Crippen LogP contribution in [0.15, 0.2) is 42.5 Å². The molecule has 3 aromatic carbocycles. The number of aryl methyl sites for hydroxylation is 1. The van der Waals surface area contributed by atoms with Crippen LogP contribution in [0, 0.1) is 6.92 Å². The van der Waals surface area contributed by atoms with Gasteiger partial charge in [0.05, 0.1) is 0 Å². The summed E-state index contributed by atoms with van der Waals surface area (Å²) in [5.74, 6) is 0. The standard InChI is InChI=1S/C17H12/c1-11-6-7-12-8-9-14-10-13-4-2-3-5-15(13)16(11)17(12)14/h2-10H,1H3. The van der Waals surface area contributed by atoms with Crippen molar-refractivity contribution in [1.29, 1.82) is 0 Å². The minimum absolute atomic E-state index is 1.34. The van der Waals surface area contributed by atoms with Gasteiger partial charge in [0.2, 0.25) is 0 Å². The highest BCUT2D eigenvalue weighted by Crippen LogP contribution is 2.37. The van der Waals surface area contributed by atoms with Crippen molar-refractivity contribution < 1.29 is 0 Å². The Bertz CT molecular complexity index is 792. The number of benzene rings is 3. The Hall–Kier alpha value is -2.08. The largest absolute Gasteiger partial charge is 0.0616 e. The second-order valence-corrected chi connectivity index (χ2v) is 4.74. The van der Waals surface area contributed by atoms with Gasteiger partial charge in [-0.2, -0.15) is 0 Å². The Morgan fingerprint density at radius 2 is 1.59 bits per heavy atom. The molecule has 80 valence electrons. The van der Waals surface area contributed by atoms with Gasteiger partial charge in [-0.15, -0.1) is 0 Å². The molecule has 0 amide bonds. The first-order chi connectivity index (χ1) is 8.34. The Morgan fingerprint density at radius 1 is 0.765 bits per heavy atom. The van der Waals surface area contributed by atoms with E-state index in [0.29, 0.717) is 0 Å². The molecule has 3 aromatic rings. The second-order valence-electron chi connectivity index (χ2n) is 4.74. The van der Waals surface area contributed by atoms with Gasteiger partial charge in [0, 0.05) is 0 Å². The number of fused-ring (bicyclic) bond motifs is 2. The topological polar surface area (TPSA) is 0 Å². The van der Waals surface area contributed by atoms with E-state index in [0.717, 1.165) is 0 Å². The van der Waals surface area contributed by atoms with E-state index < -0.39 is 0 Å². The predicted molar refractivity (Wildman–Crippen MR) is 75.1 cm³/mol. The first-order valence-corrected chi connectivity index (χ1v) is 5.98. The van der Waals surface area contributed by atoms with Crippen molar-refractivity contribution in [2.24, 2.45) is 0 Å². The Kier molecular flexibility index (Phi) is 1.58. The third-order valence-corrected chi connectivity index (χ3v) is 3.72. The SMILES string of the molecule is Cc1ccc2c3c(cc4ccccc4c13)C=C2. The normalized spacial score (nSPS) is 12.8. The van der Waals surface area contributed by atoms with Crippen molar-refractivity contribution >= 4 is 33.7 Å². The van der Waals surface area contributed by atoms with Crippen molar-refractivity contribution in [2.45, 2.75) is 6.92 Å². The van der Waals surface area contributed by atoms with E-state index in [-0.39, 0.29) is 0 Å². The van der Waals surface area contributed by atoms with Gasteiger partial charge in [-0.05, 0) is 51.2 Å². The summed E-state index contributed by atoms with van der Waals surface area (Å²) in [7, 11) is 0.